The summed E-state index contributed by atoms with van der Waals surface area (Å²) in [6, 6.07) is 31.0. The van der Waals surface area contributed by atoms with Crippen LogP contribution >= 0.6 is 0 Å². The lowest BCUT2D eigenvalue weighted by atomic mass is 9.60. The van der Waals surface area contributed by atoms with Crippen LogP contribution in [0.1, 0.15) is 61.9 Å². The first-order chi connectivity index (χ1) is 48.2. The number of benzene rings is 19. The second-order valence-electron chi connectivity index (χ2n) is 32.9. The lowest BCUT2D eigenvalue weighted by molar-refractivity contribution is -0.322. The molecule has 7 heteroatoms. The van der Waals surface area contributed by atoms with E-state index in [1.165, 1.54) is 54.2 Å². The van der Waals surface area contributed by atoms with E-state index in [-0.39, 0.29) is 24.4 Å². The molecule has 97 heavy (non-hydrogen) atoms. The molecule has 29 aromatic rings. The number of carbonyl (C=O) groups is 1. The number of carbonyl (C=O) groups excluding carboxylic acids is 1. The van der Waals surface area contributed by atoms with Crippen molar-refractivity contribution in [3.8, 4) is 0 Å². The van der Waals surface area contributed by atoms with Crippen LogP contribution in [-0.2, 0) is 63.9 Å². The molecule has 29 aromatic carbocycles. The highest BCUT2D eigenvalue weighted by molar-refractivity contribution is 6.80. The van der Waals surface area contributed by atoms with Crippen LogP contribution in [0.25, 0.3) is 269 Å². The number of ether oxygens (including phenoxy) is 6. The number of hydrogen-bond donors (Lipinski definition) is 0. The summed E-state index contributed by atoms with van der Waals surface area (Å²) in [6.45, 7) is 0.893. The minimum absolute atomic E-state index is 0.0165. The third-order valence-corrected chi connectivity index (χ3v) is 31.1. The normalized spacial score (nSPS) is 26.6. The molecule has 2 fully saturated rings. The summed E-state index contributed by atoms with van der Waals surface area (Å²) >= 11 is 0. The molecule has 1 saturated heterocycles. The summed E-state index contributed by atoms with van der Waals surface area (Å²) in [6.07, 6.45) is -3.72. The average molecular weight is 1230 g/mol. The fourth-order valence-corrected chi connectivity index (χ4v) is 29.8. The van der Waals surface area contributed by atoms with Gasteiger partial charge >= 0.3 is 5.97 Å². The quantitative estimate of drug-likeness (QED) is 0.0841. The molecular weight excluding hydrogens is 1190 g/mol. The van der Waals surface area contributed by atoms with Gasteiger partial charge in [0.2, 0.25) is 0 Å². The van der Waals surface area contributed by atoms with Crippen LogP contribution in [0, 0.1) is 5.92 Å². The van der Waals surface area contributed by atoms with Gasteiger partial charge in [-0.15, -0.1) is 0 Å². The molecule has 0 aromatic heterocycles. The molecule has 7 nitrogen and oxygen atoms in total. The van der Waals surface area contributed by atoms with Gasteiger partial charge < -0.3 is 28.4 Å². The highest BCUT2D eigenvalue weighted by atomic mass is 16.7. The van der Waals surface area contributed by atoms with Gasteiger partial charge in [0.05, 0.1) is 25.7 Å². The van der Waals surface area contributed by atoms with Gasteiger partial charge in [0.25, 0.3) is 0 Å². The summed E-state index contributed by atoms with van der Waals surface area (Å²) in [7, 11) is 1.69. The van der Waals surface area contributed by atoms with E-state index in [0.717, 1.165) is 16.7 Å². The zero-order valence-electron chi connectivity index (χ0n) is 51.0. The largest absolute Gasteiger partial charge is 0.463 e. The van der Waals surface area contributed by atoms with Crippen LogP contribution in [0.3, 0.4) is 0 Å². The van der Waals surface area contributed by atoms with E-state index in [9.17, 15) is 0 Å². The fourth-order valence-electron chi connectivity index (χ4n) is 29.8. The van der Waals surface area contributed by atoms with E-state index in [2.05, 4.69) is 60.7 Å². The van der Waals surface area contributed by atoms with Gasteiger partial charge in [0.15, 0.2) is 6.29 Å². The molecule has 2 spiro atoms. The van der Waals surface area contributed by atoms with E-state index in [4.69, 9.17) is 28.4 Å². The molecule has 0 amide bonds. The minimum Gasteiger partial charge on any atom is -0.463 e. The van der Waals surface area contributed by atoms with Crippen molar-refractivity contribution in [1.29, 1.82) is 0 Å². The van der Waals surface area contributed by atoms with Gasteiger partial charge in [-0.05, 0) is 319 Å². The van der Waals surface area contributed by atoms with Crippen molar-refractivity contribution in [3.63, 3.8) is 0 Å². The van der Waals surface area contributed by atoms with E-state index in [0.29, 0.717) is 19.8 Å². The molecule has 4 unspecified atom stereocenters. The molecule has 1 aliphatic heterocycles. The van der Waals surface area contributed by atoms with E-state index in [1.54, 1.807) is 256 Å². The zero-order chi connectivity index (χ0) is 59.9. The van der Waals surface area contributed by atoms with Crippen molar-refractivity contribution in [3.05, 3.63) is 141 Å². The van der Waals surface area contributed by atoms with Crippen molar-refractivity contribution >= 4 is 275 Å². The molecule has 8 aliphatic rings. The van der Waals surface area contributed by atoms with Gasteiger partial charge in [0.1, 0.15) is 31.0 Å². The monoisotopic (exact) mass is 1230 g/mol. The Morgan fingerprint density at radius 3 is 0.856 bits per heavy atom. The summed E-state index contributed by atoms with van der Waals surface area (Å²) < 4.78 is 42.6. The van der Waals surface area contributed by atoms with Crippen molar-refractivity contribution in [2.45, 2.75) is 73.2 Å². The predicted molar refractivity (Wildman–Crippen MR) is 386 cm³/mol. The summed E-state index contributed by atoms with van der Waals surface area (Å²) in [5, 5.41) is 78.4. The van der Waals surface area contributed by atoms with E-state index in [1.807, 2.05) is 30.3 Å². The third-order valence-electron chi connectivity index (χ3n) is 31.1. The molecule has 37 rings (SSSR count). The topological polar surface area (TPSA) is 72.5 Å². The van der Waals surface area contributed by atoms with Crippen molar-refractivity contribution < 1.29 is 33.2 Å². The van der Waals surface area contributed by atoms with Gasteiger partial charge in [-0.1, -0.05) is 91.0 Å². The van der Waals surface area contributed by atoms with Crippen LogP contribution in [0.2, 0.25) is 0 Å². The maximum atomic E-state index is 17.7. The number of esters is 1. The second kappa shape index (κ2) is 11.5. The zero-order valence-corrected chi connectivity index (χ0v) is 51.0. The first-order valence-corrected chi connectivity index (χ1v) is 35.5. The van der Waals surface area contributed by atoms with E-state index < -0.39 is 47.5 Å². The van der Waals surface area contributed by atoms with Crippen LogP contribution in [0.15, 0.2) is 91.0 Å². The lowest BCUT2D eigenvalue weighted by Gasteiger charge is -2.45. The van der Waals surface area contributed by atoms with Gasteiger partial charge in [-0.25, -0.2) is 0 Å². The molecule has 0 bridgehead atoms. The Balaban J connectivity index is 0.689. The van der Waals surface area contributed by atoms with Crippen molar-refractivity contribution in [2.24, 2.45) is 5.92 Å². The lowest BCUT2D eigenvalue weighted by Crippen LogP contribution is -2.61. The van der Waals surface area contributed by atoms with Gasteiger partial charge in [-0.3, -0.25) is 4.79 Å². The predicted octanol–water partition coefficient (Wildman–Crippen LogP) is 20.2. The molecule has 7 aliphatic carbocycles. The molecule has 1 saturated carbocycles. The number of rotatable bonds is 13. The standard InChI is InChI=1S/C90H34O7/c1-92-88-85(95-19-23-15-9-4-10-16-23)84(94-18-22-13-7-3-8-14-22)83(93-17-21-11-5-2-6-12-21)24(97-88)20-96-87(91)86-89-79-71-63-53-43-35-27-25-26-29-33-31(27)39-47-41(33)51-45-37(29)38-30(26)34-32-28(25)36(35)44-50-40(32)48-42(34)52-46(38)56-55(45)65-59(51)69-61(47)67(57(63)49(39)43)75(79)77(69)81-73(65)74-66(56)60(52)70-62(48)68-58(50)64(54(44)53)72(71)80(89)76(68)78(70)82(74)90(81,86)89/h2-16,24,79,82-86,88H,17-20H2,1H3/t24-,79?,82?,83-,84+,85-,86?,88-,89?,90?/m1/s1. The second-order valence-corrected chi connectivity index (χ2v) is 32.9. The summed E-state index contributed by atoms with van der Waals surface area (Å²) in [5.74, 6) is -0.607. The molecule has 9 atom stereocenters. The molecule has 436 valence electrons. The average Bonchev–Trinajstić information content (AvgIpc) is 1.37. The van der Waals surface area contributed by atoms with Crippen LogP contribution in [-0.4, -0.2) is 50.4 Å². The van der Waals surface area contributed by atoms with Gasteiger partial charge in [-0.2, -0.15) is 0 Å². The number of methoxy groups -OCH3 is 1. The SMILES string of the molecule is CO[C@@H]1O[C@H](COC(=O)C2C34c5c6c7c8c9c%10c%11c%12c(c%13c%14c%15c%16c%17c(c5c5c%18c6c8c6c8c9c9c%10c%10c%12c%12c%13c%15c%13c%15c%16c%16c%17c5c5c%18c6c6c8c8c9c9c%10c%12c%13c%10c%15c%12c%16c5c6c%12c8c9%10)C%143)C24C7%11)[C@@H](OCc2ccccc2)[C@H](OCc2ccccc2)[C@H]1OCc1ccccc1. The molecule has 0 radical (unpaired) electrons. The Hall–Kier alpha value is -10.4. The van der Waals surface area contributed by atoms with Crippen LogP contribution in [0.5, 0.6) is 0 Å². The minimum atomic E-state index is -0.860. The van der Waals surface area contributed by atoms with Crippen LogP contribution in [0.4, 0.5) is 0 Å². The Morgan fingerprint density at radius 1 is 0.320 bits per heavy atom. The smallest absolute Gasteiger partial charge is 0.310 e. The third kappa shape index (κ3) is 3.06. The highest BCUT2D eigenvalue weighted by Crippen LogP contribution is 2.96. The first kappa shape index (κ1) is 43.0. The fraction of sp³-hybridized carbons (Fsp3) is 0.167. The van der Waals surface area contributed by atoms with E-state index >= 15 is 4.79 Å². The Kier molecular flexibility index (Phi) is 5.11. The summed E-state index contributed by atoms with van der Waals surface area (Å²) in [5.41, 5.74) is 11.2. The van der Waals surface area contributed by atoms with Gasteiger partial charge in [0, 0.05) is 29.8 Å². The van der Waals surface area contributed by atoms with Crippen molar-refractivity contribution in [1.82, 2.24) is 0 Å². The Labute approximate surface area is 539 Å². The Morgan fingerprint density at radius 2 is 0.567 bits per heavy atom. The molecule has 0 N–H and O–H groups in total. The maximum Gasteiger partial charge on any atom is 0.310 e. The molecule has 1 heterocycles. The van der Waals surface area contributed by atoms with Crippen molar-refractivity contribution in [2.75, 3.05) is 13.7 Å². The molecular formula is C90H34O7. The number of hydrogen-bond acceptors (Lipinski definition) is 7. The Bertz CT molecular complexity index is 8270. The van der Waals surface area contributed by atoms with Crippen LogP contribution < -0.4 is 0 Å². The maximum absolute atomic E-state index is 17.7. The first-order valence-electron chi connectivity index (χ1n) is 35.5. The highest BCUT2D eigenvalue weighted by Gasteiger charge is 2.93. The summed E-state index contributed by atoms with van der Waals surface area (Å²) in [4.78, 5) is 17.7.